The average Bonchev–Trinajstić information content (AvgIpc) is 2.98. The molecule has 0 bridgehead atoms. The second kappa shape index (κ2) is 11.3. The van der Waals surface area contributed by atoms with E-state index in [1.165, 1.54) is 33.5 Å². The number of ether oxygens (including phenoxy) is 4. The molecule has 40 heavy (non-hydrogen) atoms. The number of methoxy groups -OCH3 is 3. The first-order valence-electron chi connectivity index (χ1n) is 16.4. The fraction of sp³-hybridized carbons (Fsp3) is 0.360. The number of fused-ring (bicyclic) bond motifs is 1. The molecule has 0 fully saturated rings. The van der Waals surface area contributed by atoms with E-state index in [0.29, 0.717) is 5.56 Å². The summed E-state index contributed by atoms with van der Waals surface area (Å²) in [5.41, 5.74) is -4.92. The molecule has 0 atom stereocenters. The molecule has 1 aliphatic heterocycles. The first-order chi connectivity index (χ1) is 23.3. The summed E-state index contributed by atoms with van der Waals surface area (Å²) in [6.45, 7) is -12.2. The smallest absolute Gasteiger partial charge is 0.273 e. The van der Waals surface area contributed by atoms with Crippen molar-refractivity contribution >= 4 is 19.5 Å². The number of aromatic nitrogens is 3. The van der Waals surface area contributed by atoms with Crippen LogP contribution in [-0.2, 0) is 26.7 Å². The molecule has 1 aromatic carbocycles. The van der Waals surface area contributed by atoms with Gasteiger partial charge in [0.15, 0.2) is 34.5 Å². The minimum Gasteiger partial charge on any atom is -0.790 e. The Morgan fingerprint density at radius 1 is 1.15 bits per heavy atom. The molecule has 3 heterocycles. The zero-order valence-electron chi connectivity index (χ0n) is 31.9. The Labute approximate surface area is 244 Å². The van der Waals surface area contributed by atoms with Crippen LogP contribution < -0.4 is 33.6 Å². The lowest BCUT2D eigenvalue weighted by Crippen LogP contribution is -2.53. The van der Waals surface area contributed by atoms with Gasteiger partial charge in [0.25, 0.3) is 5.91 Å². The molecule has 3 aromatic rings. The lowest BCUT2D eigenvalue weighted by Gasteiger charge is -2.39. The Morgan fingerprint density at radius 3 is 2.45 bits per heavy atom. The van der Waals surface area contributed by atoms with Crippen LogP contribution >= 0.6 is 7.82 Å². The summed E-state index contributed by atoms with van der Waals surface area (Å²) in [6.07, 6.45) is -1.97. The topological polar surface area (TPSA) is 168 Å². The number of benzene rings is 1. The van der Waals surface area contributed by atoms with Crippen molar-refractivity contribution in [3.8, 4) is 23.0 Å². The largest absolute Gasteiger partial charge is 0.790 e. The van der Waals surface area contributed by atoms with Crippen molar-refractivity contribution in [3.63, 3.8) is 0 Å². The number of amides is 1. The number of carbonyl (C=O) groups excluding carboxylic acids is 1. The first-order valence-corrected chi connectivity index (χ1v) is 12.4. The Hall–Kier alpha value is -3.84. The molecule has 0 unspecified atom stereocenters. The number of nitrogens with zero attached hydrogens (tertiary/aromatic N) is 4. The number of halogens is 1. The highest BCUT2D eigenvalue weighted by Gasteiger charge is 2.42. The monoisotopic (exact) mass is 587 g/mol. The van der Waals surface area contributed by atoms with Crippen molar-refractivity contribution in [2.24, 2.45) is 0 Å². The highest BCUT2D eigenvalue weighted by molar-refractivity contribution is 7.43. The van der Waals surface area contributed by atoms with E-state index in [9.17, 15) is 19.1 Å². The van der Waals surface area contributed by atoms with Gasteiger partial charge in [-0.1, -0.05) is 0 Å². The lowest BCUT2D eigenvalue weighted by molar-refractivity contribution is -0.341. The van der Waals surface area contributed by atoms with E-state index < -0.39 is 98.1 Å². The normalized spacial score (nSPS) is 19.4. The molecule has 2 aromatic heterocycles. The minimum absolute atomic E-state index is 0.157. The van der Waals surface area contributed by atoms with E-state index in [4.69, 9.17) is 34.0 Å². The Bertz CT molecular complexity index is 1890. The van der Waals surface area contributed by atoms with E-state index >= 15 is 4.39 Å². The molecule has 1 amide bonds. The third-order valence-electron chi connectivity index (χ3n) is 5.20. The van der Waals surface area contributed by atoms with Crippen LogP contribution in [0.4, 0.5) is 10.2 Å². The van der Waals surface area contributed by atoms with Crippen molar-refractivity contribution in [1.82, 2.24) is 15.0 Å². The van der Waals surface area contributed by atoms with Crippen LogP contribution in [0, 0.1) is 5.82 Å². The molecule has 0 saturated carbocycles. The molecule has 4 rings (SSSR count). The summed E-state index contributed by atoms with van der Waals surface area (Å²) >= 11 is 0. The number of pyridine rings is 1. The van der Waals surface area contributed by atoms with Gasteiger partial charge in [0.1, 0.15) is 12.5 Å². The van der Waals surface area contributed by atoms with Gasteiger partial charge >= 0.3 is 0 Å². The van der Waals surface area contributed by atoms with Gasteiger partial charge in [0, 0.05) is 26.8 Å². The van der Waals surface area contributed by atoms with Crippen molar-refractivity contribution in [1.29, 1.82) is 0 Å². The van der Waals surface area contributed by atoms with Crippen LogP contribution in [0.25, 0.3) is 0 Å². The second-order valence-corrected chi connectivity index (χ2v) is 8.99. The number of carbonyl (C=O) groups is 1. The number of hydrogen-bond acceptors (Lipinski definition) is 12. The summed E-state index contributed by atoms with van der Waals surface area (Å²) < 4.78 is 140. The summed E-state index contributed by atoms with van der Waals surface area (Å²) in [4.78, 5) is 47.9. The van der Waals surface area contributed by atoms with Gasteiger partial charge in [-0.05, 0) is 43.5 Å². The Morgan fingerprint density at radius 2 is 1.85 bits per heavy atom. The van der Waals surface area contributed by atoms with Crippen LogP contribution in [0.1, 0.15) is 51.6 Å². The number of hydrogen-bond donors (Lipinski definition) is 0. The number of rotatable bonds is 10. The van der Waals surface area contributed by atoms with E-state index in [1.54, 1.807) is 0 Å². The molecular formula is C25H26FN4O9P-2. The quantitative estimate of drug-likeness (QED) is 0.314. The SMILES string of the molecule is [2H]c1nc(Cc2cc(OC)c(OC)c(OC)c2)nc(Cc2nc3c(c([2H])c2[2H])OC(C([2H])([2H])[2H])(C([2H])([2H])[2H])C(=O)N3C([2H])([2H])OP(=O)([O-])[O-])c1F. The predicted molar refractivity (Wildman–Crippen MR) is 134 cm³/mol. The molecule has 0 radical (unpaired) electrons. The average molecular weight is 588 g/mol. The van der Waals surface area contributed by atoms with E-state index in [1.807, 2.05) is 0 Å². The van der Waals surface area contributed by atoms with Crippen molar-refractivity contribution in [2.45, 2.75) is 32.1 Å². The van der Waals surface area contributed by atoms with Gasteiger partial charge in [-0.25, -0.2) is 19.3 Å². The third kappa shape index (κ3) is 6.31. The zero-order valence-corrected chi connectivity index (χ0v) is 21.8. The van der Waals surface area contributed by atoms with Crippen LogP contribution in [0.2, 0.25) is 0 Å². The van der Waals surface area contributed by atoms with Crippen LogP contribution in [0.3, 0.4) is 0 Å². The molecule has 214 valence electrons. The van der Waals surface area contributed by atoms with Crippen molar-refractivity contribution in [2.75, 3.05) is 32.9 Å². The summed E-state index contributed by atoms with van der Waals surface area (Å²) in [5.74, 6) is -5.66. The lowest BCUT2D eigenvalue weighted by atomic mass is 10.1. The standard InChI is InChI=1S/C25H28FN4O9P/c1-25(2)24(31)30(13-38-40(32,33)34)23-18(39-25)7-6-15(28-23)11-17-16(26)12-27-21(29-17)10-14-8-19(35-3)22(37-5)20(9-14)36-4/h6-9,12H,10-11,13H2,1-5H3,(H2,32,33,34)/p-2/i1D3,2D3,6D,7D,12D,13D2. The minimum atomic E-state index is -6.38. The number of phosphoric ester groups is 1. The molecule has 0 N–H and O–H groups in total. The second-order valence-electron chi connectivity index (χ2n) is 7.91. The molecule has 0 aliphatic carbocycles. The first kappa shape index (κ1) is 17.8. The van der Waals surface area contributed by atoms with Crippen molar-refractivity contribution in [3.05, 3.63) is 59.0 Å². The predicted octanol–water partition coefficient (Wildman–Crippen LogP) is 1.52. The molecule has 0 saturated heterocycles. The Balaban J connectivity index is 1.91. The maximum atomic E-state index is 15.3. The molecule has 13 nitrogen and oxygen atoms in total. The maximum Gasteiger partial charge on any atom is 0.273 e. The number of anilines is 1. The van der Waals surface area contributed by atoms with Crippen LogP contribution in [0.15, 0.2) is 30.4 Å². The van der Waals surface area contributed by atoms with Gasteiger partial charge < -0.3 is 37.8 Å². The summed E-state index contributed by atoms with van der Waals surface area (Å²) in [7, 11) is -2.27. The van der Waals surface area contributed by atoms with Gasteiger partial charge in [0.05, 0.1) is 47.9 Å². The van der Waals surface area contributed by atoms with Gasteiger partial charge in [-0.15, -0.1) is 0 Å². The fourth-order valence-electron chi connectivity index (χ4n) is 3.51. The van der Waals surface area contributed by atoms with Gasteiger partial charge in [0.2, 0.25) is 5.75 Å². The third-order valence-corrected chi connectivity index (χ3v) is 5.51. The highest BCUT2D eigenvalue weighted by Crippen LogP contribution is 2.39. The maximum absolute atomic E-state index is 15.3. The molecule has 0 spiro atoms. The van der Waals surface area contributed by atoms with E-state index in [0.717, 1.165) is 0 Å². The fourth-order valence-corrected chi connectivity index (χ4v) is 3.69. The highest BCUT2D eigenvalue weighted by atomic mass is 31.2. The Kier molecular flexibility index (Phi) is 5.04. The van der Waals surface area contributed by atoms with Crippen LogP contribution in [0.5, 0.6) is 23.0 Å². The zero-order chi connectivity index (χ0) is 38.6. The summed E-state index contributed by atoms with van der Waals surface area (Å²) in [6, 6.07) is 0.842. The number of phosphoric acid groups is 1. The van der Waals surface area contributed by atoms with E-state index in [2.05, 4.69) is 19.5 Å². The molecule has 1 aliphatic rings. The summed E-state index contributed by atoms with van der Waals surface area (Å²) in [5, 5.41) is 0. The van der Waals surface area contributed by atoms with E-state index in [-0.39, 0.29) is 29.5 Å². The molecule has 15 heteroatoms. The van der Waals surface area contributed by atoms with Crippen molar-refractivity contribution < 1.29 is 62.1 Å². The molecular weight excluding hydrogens is 550 g/mol. The van der Waals surface area contributed by atoms with Gasteiger partial charge in [-0.3, -0.25) is 9.69 Å². The van der Waals surface area contributed by atoms with Gasteiger partial charge in [-0.2, -0.15) is 0 Å². The van der Waals surface area contributed by atoms with Crippen LogP contribution in [-0.4, -0.2) is 54.5 Å².